The molecule has 0 aliphatic carbocycles. The highest BCUT2D eigenvalue weighted by Gasteiger charge is 2.21. The van der Waals surface area contributed by atoms with Gasteiger partial charge < -0.3 is 0 Å². The van der Waals surface area contributed by atoms with Gasteiger partial charge in [-0.15, -0.1) is 0 Å². The van der Waals surface area contributed by atoms with Crippen LogP contribution in [-0.4, -0.2) is 0 Å². The Bertz CT molecular complexity index is 576. The van der Waals surface area contributed by atoms with Gasteiger partial charge in [0.05, 0.1) is 11.1 Å². The van der Waals surface area contributed by atoms with Crippen LogP contribution in [0.2, 0.25) is 5.02 Å². The van der Waals surface area contributed by atoms with E-state index < -0.39 is 17.7 Å². The van der Waals surface area contributed by atoms with Gasteiger partial charge in [0.1, 0.15) is 11.6 Å². The molecule has 0 aliphatic rings. The van der Waals surface area contributed by atoms with Crippen LogP contribution in [0, 0.1) is 11.6 Å². The van der Waals surface area contributed by atoms with Crippen LogP contribution in [0.4, 0.5) is 8.78 Å². The molecule has 0 saturated carbocycles. The van der Waals surface area contributed by atoms with Crippen LogP contribution in [0.25, 0.3) is 0 Å². The molecular formula is C11H8BrClF2N2S. The predicted octanol–water partition coefficient (Wildman–Crippen LogP) is 3.99. The van der Waals surface area contributed by atoms with Gasteiger partial charge in [0.25, 0.3) is 0 Å². The Kier molecular flexibility index (Phi) is 4.34. The van der Waals surface area contributed by atoms with Crippen molar-refractivity contribution >= 4 is 38.9 Å². The number of halogens is 4. The molecule has 0 spiro atoms. The molecule has 1 heterocycles. The zero-order valence-corrected chi connectivity index (χ0v) is 12.0. The maximum absolute atomic E-state index is 13.8. The molecule has 7 heteroatoms. The minimum Gasteiger partial charge on any atom is -0.271 e. The second-order valence-electron chi connectivity index (χ2n) is 3.56. The molecule has 0 bridgehead atoms. The van der Waals surface area contributed by atoms with Crippen molar-refractivity contribution < 1.29 is 8.78 Å². The highest BCUT2D eigenvalue weighted by Crippen LogP contribution is 2.33. The van der Waals surface area contributed by atoms with E-state index in [1.807, 2.05) is 5.38 Å². The van der Waals surface area contributed by atoms with Crippen LogP contribution in [0.15, 0.2) is 27.4 Å². The molecule has 1 aromatic carbocycles. The van der Waals surface area contributed by atoms with E-state index in [-0.39, 0.29) is 10.6 Å². The third kappa shape index (κ3) is 2.57. The van der Waals surface area contributed by atoms with E-state index in [0.717, 1.165) is 22.2 Å². The third-order valence-corrected chi connectivity index (χ3v) is 4.51. The summed E-state index contributed by atoms with van der Waals surface area (Å²) in [5, 5.41) is 3.39. The van der Waals surface area contributed by atoms with Crippen molar-refractivity contribution in [2.45, 2.75) is 6.04 Å². The quantitative estimate of drug-likeness (QED) is 0.497. The van der Waals surface area contributed by atoms with Gasteiger partial charge in [-0.3, -0.25) is 5.84 Å². The summed E-state index contributed by atoms with van der Waals surface area (Å²) in [4.78, 5) is 0. The van der Waals surface area contributed by atoms with E-state index in [9.17, 15) is 8.78 Å². The first-order valence-corrected chi connectivity index (χ1v) is 6.98. The van der Waals surface area contributed by atoms with Gasteiger partial charge in [0.15, 0.2) is 0 Å². The molecule has 0 saturated heterocycles. The maximum atomic E-state index is 13.8. The topological polar surface area (TPSA) is 38.0 Å². The Balaban J connectivity index is 2.52. The standard InChI is InChI=1S/C11H8BrClF2N2S/c12-7-4-18-3-6(7)11(17-16)5-1-10(15)8(13)2-9(5)14/h1-4,11,17H,16H2. The van der Waals surface area contributed by atoms with Gasteiger partial charge in [-0.25, -0.2) is 14.2 Å². The van der Waals surface area contributed by atoms with Crippen LogP contribution >= 0.6 is 38.9 Å². The van der Waals surface area contributed by atoms with E-state index in [2.05, 4.69) is 21.4 Å². The number of hydrogen-bond acceptors (Lipinski definition) is 3. The fraction of sp³-hybridized carbons (Fsp3) is 0.0909. The number of nitrogens with two attached hydrogens (primary N) is 1. The van der Waals surface area contributed by atoms with Crippen molar-refractivity contribution in [2.24, 2.45) is 5.84 Å². The Morgan fingerprint density at radius 3 is 2.50 bits per heavy atom. The lowest BCUT2D eigenvalue weighted by Gasteiger charge is -2.17. The number of hydrogen-bond donors (Lipinski definition) is 2. The van der Waals surface area contributed by atoms with Crippen LogP contribution in [0.1, 0.15) is 17.2 Å². The van der Waals surface area contributed by atoms with Crippen molar-refractivity contribution in [1.29, 1.82) is 0 Å². The lowest BCUT2D eigenvalue weighted by atomic mass is 10.0. The number of rotatable bonds is 3. The van der Waals surface area contributed by atoms with E-state index in [0.29, 0.717) is 0 Å². The molecule has 2 rings (SSSR count). The van der Waals surface area contributed by atoms with Crippen LogP contribution < -0.4 is 11.3 Å². The van der Waals surface area contributed by atoms with Gasteiger partial charge in [-0.2, -0.15) is 11.3 Å². The molecule has 18 heavy (non-hydrogen) atoms. The molecule has 2 nitrogen and oxygen atoms in total. The lowest BCUT2D eigenvalue weighted by molar-refractivity contribution is 0.545. The minimum absolute atomic E-state index is 0.110. The second kappa shape index (κ2) is 5.63. The highest BCUT2D eigenvalue weighted by molar-refractivity contribution is 9.10. The van der Waals surface area contributed by atoms with E-state index in [1.165, 1.54) is 11.3 Å². The zero-order chi connectivity index (χ0) is 13.3. The number of nitrogens with one attached hydrogen (secondary N) is 1. The minimum atomic E-state index is -0.681. The van der Waals surface area contributed by atoms with Gasteiger partial charge in [-0.1, -0.05) is 11.6 Å². The summed E-state index contributed by atoms with van der Waals surface area (Å²) in [5.41, 5.74) is 3.32. The molecule has 1 aromatic heterocycles. The summed E-state index contributed by atoms with van der Waals surface area (Å²) >= 11 is 10.3. The number of thiophene rings is 1. The van der Waals surface area contributed by atoms with E-state index in [4.69, 9.17) is 17.4 Å². The Morgan fingerprint density at radius 2 is 1.94 bits per heavy atom. The summed E-state index contributed by atoms with van der Waals surface area (Å²) < 4.78 is 28.0. The van der Waals surface area contributed by atoms with Crippen molar-refractivity contribution in [3.8, 4) is 0 Å². The first-order chi connectivity index (χ1) is 8.54. The van der Waals surface area contributed by atoms with Crippen molar-refractivity contribution in [2.75, 3.05) is 0 Å². The summed E-state index contributed by atoms with van der Waals surface area (Å²) in [7, 11) is 0. The average molecular weight is 354 g/mol. The molecule has 1 unspecified atom stereocenters. The van der Waals surface area contributed by atoms with Gasteiger partial charge >= 0.3 is 0 Å². The predicted molar refractivity (Wildman–Crippen MR) is 72.6 cm³/mol. The lowest BCUT2D eigenvalue weighted by Crippen LogP contribution is -2.29. The molecular weight excluding hydrogens is 346 g/mol. The summed E-state index contributed by atoms with van der Waals surface area (Å²) in [6.07, 6.45) is 0. The van der Waals surface area contributed by atoms with Gasteiger partial charge in [0.2, 0.25) is 0 Å². The van der Waals surface area contributed by atoms with Gasteiger partial charge in [-0.05, 0) is 39.0 Å². The fourth-order valence-electron chi connectivity index (χ4n) is 1.60. The van der Waals surface area contributed by atoms with E-state index >= 15 is 0 Å². The molecule has 0 amide bonds. The SMILES string of the molecule is NNC(c1cc(F)c(Cl)cc1F)c1cscc1Br. The van der Waals surface area contributed by atoms with E-state index in [1.54, 1.807) is 5.38 Å². The summed E-state index contributed by atoms with van der Waals surface area (Å²) in [5.74, 6) is 4.14. The zero-order valence-electron chi connectivity index (χ0n) is 8.88. The monoisotopic (exact) mass is 352 g/mol. The summed E-state index contributed by atoms with van der Waals surface area (Å²) in [6.45, 7) is 0. The molecule has 0 fully saturated rings. The Hall–Kier alpha value is -0.530. The van der Waals surface area contributed by atoms with Crippen molar-refractivity contribution in [3.63, 3.8) is 0 Å². The first-order valence-electron chi connectivity index (χ1n) is 4.86. The third-order valence-electron chi connectivity index (χ3n) is 2.47. The fourth-order valence-corrected chi connectivity index (χ4v) is 3.31. The maximum Gasteiger partial charge on any atom is 0.142 e. The highest BCUT2D eigenvalue weighted by atomic mass is 79.9. The van der Waals surface area contributed by atoms with Gasteiger partial charge in [0, 0.05) is 15.4 Å². The number of hydrazine groups is 1. The molecule has 1 atom stereocenters. The average Bonchev–Trinajstić information content (AvgIpc) is 2.73. The first kappa shape index (κ1) is 13.9. The van der Waals surface area contributed by atoms with Crippen LogP contribution in [-0.2, 0) is 0 Å². The summed E-state index contributed by atoms with van der Waals surface area (Å²) in [6, 6.07) is 1.35. The Labute approximate surface area is 120 Å². The van der Waals surface area contributed by atoms with Crippen molar-refractivity contribution in [3.05, 3.63) is 55.1 Å². The number of benzene rings is 1. The largest absolute Gasteiger partial charge is 0.271 e. The normalized spacial score (nSPS) is 12.7. The molecule has 96 valence electrons. The second-order valence-corrected chi connectivity index (χ2v) is 5.57. The Morgan fingerprint density at radius 1 is 1.22 bits per heavy atom. The molecule has 3 N–H and O–H groups in total. The molecule has 2 aromatic rings. The smallest absolute Gasteiger partial charge is 0.142 e. The molecule has 0 radical (unpaired) electrons. The van der Waals surface area contributed by atoms with Crippen molar-refractivity contribution in [1.82, 2.24) is 5.43 Å². The van der Waals surface area contributed by atoms with Crippen LogP contribution in [0.3, 0.4) is 0 Å². The molecule has 0 aliphatic heterocycles. The van der Waals surface area contributed by atoms with Crippen LogP contribution in [0.5, 0.6) is 0 Å².